The highest BCUT2D eigenvalue weighted by Crippen LogP contribution is 2.38. The lowest BCUT2D eigenvalue weighted by molar-refractivity contribution is 0.460. The maximum absolute atomic E-state index is 14.5. The molecule has 0 unspecified atom stereocenters. The topological polar surface area (TPSA) is 70.0 Å². The molecule has 2 aromatic heterocycles. The molecule has 3 aromatic rings. The fraction of sp³-hybridized carbons (Fsp3) is 0.348. The number of hydrogen-bond acceptors (Lipinski definition) is 4. The molecule has 1 aromatic carbocycles. The first-order valence-corrected chi connectivity index (χ1v) is 12.3. The Morgan fingerprint density at radius 2 is 2.00 bits per heavy atom. The van der Waals surface area contributed by atoms with Crippen molar-refractivity contribution >= 4 is 27.1 Å². The Balaban J connectivity index is 1.45. The Labute approximate surface area is 191 Å². The quantitative estimate of drug-likeness (QED) is 0.566. The molecule has 3 heterocycles. The van der Waals surface area contributed by atoms with Gasteiger partial charge in [0, 0.05) is 42.6 Å². The van der Waals surface area contributed by atoms with Crippen LogP contribution >= 0.6 is 0 Å². The van der Waals surface area contributed by atoms with Crippen LogP contribution in [0.15, 0.2) is 49.3 Å². The summed E-state index contributed by atoms with van der Waals surface area (Å²) in [7, 11) is -2.16. The van der Waals surface area contributed by atoms with Crippen molar-refractivity contribution in [3.05, 3.63) is 72.1 Å². The molecule has 2 fully saturated rings. The number of pyridine rings is 1. The van der Waals surface area contributed by atoms with Crippen LogP contribution in [0.3, 0.4) is 0 Å². The van der Waals surface area contributed by atoms with Gasteiger partial charge in [-0.2, -0.15) is 17.8 Å². The van der Waals surface area contributed by atoms with Gasteiger partial charge in [0.2, 0.25) is 0 Å². The van der Waals surface area contributed by atoms with Crippen molar-refractivity contribution in [1.82, 2.24) is 18.6 Å². The van der Waals surface area contributed by atoms with E-state index in [1.165, 1.54) is 10.4 Å². The minimum absolute atomic E-state index is 0.0288. The van der Waals surface area contributed by atoms with E-state index >= 15 is 0 Å². The van der Waals surface area contributed by atoms with Gasteiger partial charge in [-0.15, -0.1) is 0 Å². The molecule has 1 saturated carbocycles. The summed E-state index contributed by atoms with van der Waals surface area (Å²) >= 11 is 0. The van der Waals surface area contributed by atoms with Crippen LogP contribution in [0.1, 0.15) is 42.9 Å². The van der Waals surface area contributed by atoms with Crippen molar-refractivity contribution in [3.63, 3.8) is 0 Å². The van der Waals surface area contributed by atoms with E-state index in [0.717, 1.165) is 37.1 Å². The van der Waals surface area contributed by atoms with Crippen LogP contribution in [-0.4, -0.2) is 42.0 Å². The summed E-state index contributed by atoms with van der Waals surface area (Å²) < 4.78 is 59.1. The summed E-state index contributed by atoms with van der Waals surface area (Å²) in [5.41, 5.74) is 2.60. The molecule has 174 valence electrons. The molecule has 0 radical (unpaired) electrons. The van der Waals surface area contributed by atoms with Crippen LogP contribution in [-0.2, 0) is 10.2 Å². The van der Waals surface area contributed by atoms with Crippen molar-refractivity contribution in [1.29, 1.82) is 0 Å². The zero-order valence-corrected chi connectivity index (χ0v) is 19.0. The van der Waals surface area contributed by atoms with E-state index in [9.17, 15) is 17.2 Å². The summed E-state index contributed by atoms with van der Waals surface area (Å²) in [6.45, 7) is 4.62. The van der Waals surface area contributed by atoms with Crippen LogP contribution in [0.4, 0.5) is 14.5 Å². The van der Waals surface area contributed by atoms with Crippen LogP contribution in [0.5, 0.6) is 0 Å². The molecule has 2 aliphatic rings. The van der Waals surface area contributed by atoms with E-state index in [0.29, 0.717) is 29.6 Å². The van der Waals surface area contributed by atoms with Gasteiger partial charge in [0.05, 0.1) is 23.5 Å². The standard InChI is InChI=1S/C23H25F2N5O2S/c1-15(27-33(31,32)28(2)17-6-7-17)20-14-26-30-11-9-18(13-23(20)30)29-10-3-4-22(29)19-12-16(24)5-8-21(19)25/h5,8-9,11-14,17,22,27H,1,3-4,6-7,10H2,2H3/t22-/m1/s1. The zero-order chi connectivity index (χ0) is 23.3. The first kappa shape index (κ1) is 21.8. The molecule has 1 N–H and O–H groups in total. The minimum atomic E-state index is -3.71. The van der Waals surface area contributed by atoms with Gasteiger partial charge in [0.15, 0.2) is 0 Å². The summed E-state index contributed by atoms with van der Waals surface area (Å²) in [6, 6.07) is 7.03. The number of fused-ring (bicyclic) bond motifs is 1. The summed E-state index contributed by atoms with van der Waals surface area (Å²) in [5, 5.41) is 4.31. The maximum atomic E-state index is 14.5. The van der Waals surface area contributed by atoms with Crippen molar-refractivity contribution < 1.29 is 17.2 Å². The smallest absolute Gasteiger partial charge is 0.301 e. The molecule has 0 amide bonds. The van der Waals surface area contributed by atoms with Crippen molar-refractivity contribution in [2.75, 3.05) is 18.5 Å². The van der Waals surface area contributed by atoms with E-state index in [4.69, 9.17) is 0 Å². The second-order valence-electron chi connectivity index (χ2n) is 8.62. The SMILES string of the molecule is C=C(NS(=O)(=O)N(C)C1CC1)c1cnn2ccc(N3CCC[C@@H]3c3cc(F)ccc3F)cc12. The Morgan fingerprint density at radius 3 is 2.76 bits per heavy atom. The number of hydrogen-bond donors (Lipinski definition) is 1. The number of nitrogens with zero attached hydrogens (tertiary/aromatic N) is 4. The number of aromatic nitrogens is 2. The van der Waals surface area contributed by atoms with Crippen molar-refractivity contribution in [2.45, 2.75) is 37.8 Å². The average Bonchev–Trinajstić information content (AvgIpc) is 3.35. The Morgan fingerprint density at radius 1 is 1.21 bits per heavy atom. The molecular weight excluding hydrogens is 448 g/mol. The summed E-state index contributed by atoms with van der Waals surface area (Å²) in [5.74, 6) is -0.895. The van der Waals surface area contributed by atoms with Gasteiger partial charge in [-0.3, -0.25) is 4.72 Å². The van der Waals surface area contributed by atoms with Gasteiger partial charge >= 0.3 is 10.2 Å². The van der Waals surface area contributed by atoms with E-state index in [-0.39, 0.29) is 17.8 Å². The molecule has 1 aliphatic carbocycles. The summed E-state index contributed by atoms with van der Waals surface area (Å²) in [4.78, 5) is 2.04. The highest BCUT2D eigenvalue weighted by molar-refractivity contribution is 7.87. The third kappa shape index (κ3) is 4.08. The molecule has 0 bridgehead atoms. The highest BCUT2D eigenvalue weighted by Gasteiger charge is 2.34. The van der Waals surface area contributed by atoms with Gasteiger partial charge in [-0.05, 0) is 56.0 Å². The lowest BCUT2D eigenvalue weighted by atomic mass is 10.0. The first-order valence-electron chi connectivity index (χ1n) is 10.9. The molecule has 1 aliphatic heterocycles. The number of anilines is 1. The largest absolute Gasteiger partial charge is 0.364 e. The molecule has 7 nitrogen and oxygen atoms in total. The molecule has 1 atom stereocenters. The normalized spacial score (nSPS) is 18.9. The Hall–Kier alpha value is -2.98. The van der Waals surface area contributed by atoms with Gasteiger partial charge in [0.25, 0.3) is 0 Å². The van der Waals surface area contributed by atoms with E-state index < -0.39 is 21.8 Å². The predicted molar refractivity (Wildman–Crippen MR) is 123 cm³/mol. The highest BCUT2D eigenvalue weighted by atomic mass is 32.2. The lowest BCUT2D eigenvalue weighted by Gasteiger charge is -2.27. The predicted octanol–water partition coefficient (Wildman–Crippen LogP) is 3.85. The molecule has 10 heteroatoms. The van der Waals surface area contributed by atoms with Crippen molar-refractivity contribution in [2.24, 2.45) is 0 Å². The fourth-order valence-corrected chi connectivity index (χ4v) is 5.64. The van der Waals surface area contributed by atoms with Gasteiger partial charge < -0.3 is 4.90 Å². The average molecular weight is 474 g/mol. The maximum Gasteiger partial charge on any atom is 0.301 e. The first-order chi connectivity index (χ1) is 15.7. The zero-order valence-electron chi connectivity index (χ0n) is 18.2. The van der Waals surface area contributed by atoms with Gasteiger partial charge in [-0.1, -0.05) is 6.58 Å². The van der Waals surface area contributed by atoms with E-state index in [2.05, 4.69) is 16.4 Å². The Bertz CT molecular complexity index is 1340. The fourth-order valence-electron chi connectivity index (χ4n) is 4.47. The molecule has 5 rings (SSSR count). The van der Waals surface area contributed by atoms with Gasteiger partial charge in [-0.25, -0.2) is 13.3 Å². The number of halogens is 2. The molecule has 1 saturated heterocycles. The second kappa shape index (κ2) is 8.11. The lowest BCUT2D eigenvalue weighted by Crippen LogP contribution is -2.38. The van der Waals surface area contributed by atoms with Gasteiger partial charge in [0.1, 0.15) is 11.6 Å². The van der Waals surface area contributed by atoms with Crippen LogP contribution in [0, 0.1) is 11.6 Å². The second-order valence-corrected chi connectivity index (χ2v) is 10.4. The van der Waals surface area contributed by atoms with Crippen LogP contribution in [0.25, 0.3) is 11.2 Å². The van der Waals surface area contributed by atoms with E-state index in [1.807, 2.05) is 17.0 Å². The number of nitrogens with one attached hydrogen (secondary N) is 1. The minimum Gasteiger partial charge on any atom is -0.364 e. The third-order valence-corrected chi connectivity index (χ3v) is 7.98. The van der Waals surface area contributed by atoms with E-state index in [1.54, 1.807) is 24.0 Å². The number of rotatable bonds is 7. The summed E-state index contributed by atoms with van der Waals surface area (Å²) in [6.07, 6.45) is 6.59. The van der Waals surface area contributed by atoms with Crippen LogP contribution in [0.2, 0.25) is 0 Å². The third-order valence-electron chi connectivity index (χ3n) is 6.42. The monoisotopic (exact) mass is 473 g/mol. The molecule has 33 heavy (non-hydrogen) atoms. The number of benzene rings is 1. The Kier molecular flexibility index (Phi) is 5.37. The molecule has 0 spiro atoms. The van der Waals surface area contributed by atoms with Crippen LogP contribution < -0.4 is 9.62 Å². The van der Waals surface area contributed by atoms with Crippen molar-refractivity contribution in [3.8, 4) is 0 Å². The molecular formula is C23H25F2N5O2S.